The monoisotopic (exact) mass is 339 g/mol. The maximum absolute atomic E-state index is 3.71. The molecular formula is C23H35Si. The van der Waals surface area contributed by atoms with Gasteiger partial charge in [-0.1, -0.05) is 93.2 Å². The van der Waals surface area contributed by atoms with Gasteiger partial charge in [0.1, 0.15) is 0 Å². The van der Waals surface area contributed by atoms with Crippen LogP contribution in [0.2, 0.25) is 12.1 Å². The van der Waals surface area contributed by atoms with Gasteiger partial charge in [0.25, 0.3) is 0 Å². The van der Waals surface area contributed by atoms with Crippen LogP contribution >= 0.6 is 0 Å². The summed E-state index contributed by atoms with van der Waals surface area (Å²) in [5.41, 5.74) is 4.66. The fraction of sp³-hybridized carbons (Fsp3) is 0.565. The number of aryl methyl sites for hydroxylation is 1. The van der Waals surface area contributed by atoms with E-state index in [4.69, 9.17) is 0 Å². The predicted octanol–water partition coefficient (Wildman–Crippen LogP) is 5.86. The van der Waals surface area contributed by atoms with Crippen LogP contribution in [0.3, 0.4) is 0 Å². The van der Waals surface area contributed by atoms with Crippen LogP contribution in [0, 0.1) is 6.07 Å². The number of benzene rings is 1. The highest BCUT2D eigenvalue weighted by atomic mass is 28.3. The third-order valence-electron chi connectivity index (χ3n) is 5.72. The third-order valence-corrected chi connectivity index (χ3v) is 9.75. The molecule has 1 aliphatic carbocycles. The molecule has 24 heavy (non-hydrogen) atoms. The van der Waals surface area contributed by atoms with E-state index in [0.717, 1.165) is 0 Å². The van der Waals surface area contributed by atoms with E-state index >= 15 is 0 Å². The summed E-state index contributed by atoms with van der Waals surface area (Å²) in [5, 5.41) is 1.76. The Morgan fingerprint density at radius 2 is 1.79 bits per heavy atom. The summed E-state index contributed by atoms with van der Waals surface area (Å²) in [6.07, 6.45) is 13.4. The largest absolute Gasteiger partial charge is 0.0716 e. The Kier molecular flexibility index (Phi) is 7.10. The van der Waals surface area contributed by atoms with Crippen LogP contribution in [-0.2, 0) is 11.8 Å². The van der Waals surface area contributed by atoms with Crippen molar-refractivity contribution in [1.29, 1.82) is 0 Å². The van der Waals surface area contributed by atoms with Crippen LogP contribution in [0.4, 0.5) is 0 Å². The Bertz CT molecular complexity index is 590. The topological polar surface area (TPSA) is 0 Å². The van der Waals surface area contributed by atoms with E-state index in [1.165, 1.54) is 55.3 Å². The number of hydrogen-bond donors (Lipinski definition) is 0. The molecule has 0 amide bonds. The van der Waals surface area contributed by atoms with E-state index in [-0.39, 0.29) is 5.41 Å². The molecule has 1 aromatic rings. The first-order chi connectivity index (χ1) is 11.6. The number of hydrogen-bond acceptors (Lipinski definition) is 0. The van der Waals surface area contributed by atoms with Gasteiger partial charge < -0.3 is 0 Å². The predicted molar refractivity (Wildman–Crippen MR) is 111 cm³/mol. The lowest BCUT2D eigenvalue weighted by molar-refractivity contribution is 0.716. The SMILES string of the molecule is CCCCc1cc[c]c(C2(C)C=CC=C2C)c1[SiH](CCC)CCC. The van der Waals surface area contributed by atoms with Crippen LogP contribution in [0.15, 0.2) is 35.9 Å². The molecule has 1 unspecified atom stereocenters. The number of unbranched alkanes of at least 4 members (excludes halogenated alkanes) is 1. The standard InChI is InChI=1S/C23H35Si/c1-6-9-13-20-14-10-15-21(23(5)16-11-12-19(23)4)22(20)24(17-7-2)18-8-3/h10-12,14,16,24H,6-9,13,17-18H2,1-5H3. The average Bonchev–Trinajstić information content (AvgIpc) is 2.92. The van der Waals surface area contributed by atoms with E-state index < -0.39 is 8.80 Å². The average molecular weight is 340 g/mol. The van der Waals surface area contributed by atoms with Crippen molar-refractivity contribution >= 4 is 14.0 Å². The van der Waals surface area contributed by atoms with Crippen LogP contribution in [0.1, 0.15) is 71.4 Å². The summed E-state index contributed by atoms with van der Waals surface area (Å²) in [5.74, 6) is 0. The van der Waals surface area contributed by atoms with Gasteiger partial charge in [0.15, 0.2) is 0 Å². The molecule has 131 valence electrons. The molecule has 0 fully saturated rings. The minimum atomic E-state index is -0.933. The van der Waals surface area contributed by atoms with Gasteiger partial charge in [-0.25, -0.2) is 0 Å². The molecule has 0 aliphatic heterocycles. The Labute approximate surface area is 151 Å². The van der Waals surface area contributed by atoms with Crippen molar-refractivity contribution in [1.82, 2.24) is 0 Å². The second-order valence-electron chi connectivity index (χ2n) is 7.58. The lowest BCUT2D eigenvalue weighted by Gasteiger charge is -2.32. The van der Waals surface area contributed by atoms with Gasteiger partial charge in [0.05, 0.1) is 8.80 Å². The van der Waals surface area contributed by atoms with Gasteiger partial charge in [-0.2, -0.15) is 0 Å². The number of allylic oxidation sites excluding steroid dienone is 4. The highest BCUT2D eigenvalue weighted by Gasteiger charge is 2.33. The van der Waals surface area contributed by atoms with Gasteiger partial charge in [-0.05, 0) is 43.9 Å². The molecule has 0 saturated carbocycles. The molecule has 1 aromatic carbocycles. The van der Waals surface area contributed by atoms with Crippen molar-refractivity contribution in [2.75, 3.05) is 0 Å². The molecule has 1 aliphatic rings. The molecule has 1 heteroatoms. The molecule has 0 spiro atoms. The molecule has 1 radical (unpaired) electrons. The summed E-state index contributed by atoms with van der Waals surface area (Å²) < 4.78 is 0. The highest BCUT2D eigenvalue weighted by Crippen LogP contribution is 2.37. The van der Waals surface area contributed by atoms with Crippen molar-refractivity contribution in [3.05, 3.63) is 53.1 Å². The fourth-order valence-corrected chi connectivity index (χ4v) is 7.95. The molecule has 0 saturated heterocycles. The molecule has 1 atom stereocenters. The van der Waals surface area contributed by atoms with Crippen molar-refractivity contribution in [2.24, 2.45) is 0 Å². The zero-order chi connectivity index (χ0) is 17.6. The molecule has 0 bridgehead atoms. The Hall–Kier alpha value is -1.08. The van der Waals surface area contributed by atoms with Crippen molar-refractivity contribution in [3.63, 3.8) is 0 Å². The normalized spacial score (nSPS) is 20.0. The van der Waals surface area contributed by atoms with Gasteiger partial charge in [-0.3, -0.25) is 0 Å². The van der Waals surface area contributed by atoms with Gasteiger partial charge in [0, 0.05) is 5.41 Å². The Morgan fingerprint density at radius 3 is 2.33 bits per heavy atom. The van der Waals surface area contributed by atoms with Crippen molar-refractivity contribution < 1.29 is 0 Å². The summed E-state index contributed by atoms with van der Waals surface area (Å²) >= 11 is 0. The zero-order valence-corrected chi connectivity index (χ0v) is 17.6. The summed E-state index contributed by atoms with van der Waals surface area (Å²) in [4.78, 5) is 0. The number of rotatable bonds is 9. The Balaban J connectivity index is 2.57. The van der Waals surface area contributed by atoms with E-state index in [9.17, 15) is 0 Å². The van der Waals surface area contributed by atoms with Gasteiger partial charge in [-0.15, -0.1) is 0 Å². The molecular weight excluding hydrogens is 304 g/mol. The van der Waals surface area contributed by atoms with E-state index in [1.54, 1.807) is 10.8 Å². The Morgan fingerprint density at radius 1 is 1.08 bits per heavy atom. The molecule has 0 nitrogen and oxygen atoms in total. The maximum Gasteiger partial charge on any atom is 0.0716 e. The van der Waals surface area contributed by atoms with Gasteiger partial charge >= 0.3 is 0 Å². The molecule has 0 aromatic heterocycles. The quantitative estimate of drug-likeness (QED) is 0.494. The minimum Gasteiger partial charge on any atom is -0.0702 e. The maximum atomic E-state index is 3.71. The van der Waals surface area contributed by atoms with E-state index in [2.05, 4.69) is 71.0 Å². The highest BCUT2D eigenvalue weighted by molar-refractivity contribution is 6.74. The summed E-state index contributed by atoms with van der Waals surface area (Å²) in [6.45, 7) is 11.7. The summed E-state index contributed by atoms with van der Waals surface area (Å²) in [6, 6.07) is 11.1. The molecule has 0 N–H and O–H groups in total. The fourth-order valence-electron chi connectivity index (χ4n) is 4.13. The van der Waals surface area contributed by atoms with Crippen LogP contribution < -0.4 is 5.19 Å². The van der Waals surface area contributed by atoms with Gasteiger partial charge in [0.2, 0.25) is 0 Å². The molecule has 0 heterocycles. The smallest absolute Gasteiger partial charge is 0.0702 e. The van der Waals surface area contributed by atoms with Crippen LogP contribution in [-0.4, -0.2) is 8.80 Å². The summed E-state index contributed by atoms with van der Waals surface area (Å²) in [7, 11) is -0.933. The first-order valence-corrected chi connectivity index (χ1v) is 12.2. The first-order valence-electron chi connectivity index (χ1n) is 9.98. The van der Waals surface area contributed by atoms with Crippen LogP contribution in [0.5, 0.6) is 0 Å². The second kappa shape index (κ2) is 8.85. The van der Waals surface area contributed by atoms with Crippen molar-refractivity contribution in [2.45, 2.75) is 84.2 Å². The first kappa shape index (κ1) is 19.2. The van der Waals surface area contributed by atoms with E-state index in [1.807, 2.05) is 0 Å². The van der Waals surface area contributed by atoms with Crippen molar-refractivity contribution in [3.8, 4) is 0 Å². The lowest BCUT2D eigenvalue weighted by atomic mass is 9.78. The van der Waals surface area contributed by atoms with Crippen LogP contribution in [0.25, 0.3) is 0 Å². The minimum absolute atomic E-state index is 0.0598. The second-order valence-corrected chi connectivity index (χ2v) is 10.7. The third kappa shape index (κ3) is 3.94. The van der Waals surface area contributed by atoms with E-state index in [0.29, 0.717) is 0 Å². The lowest BCUT2D eigenvalue weighted by Crippen LogP contribution is -2.40. The zero-order valence-electron chi connectivity index (χ0n) is 16.4. The molecule has 2 rings (SSSR count).